The first-order valence-corrected chi connectivity index (χ1v) is 9.76. The van der Waals surface area contributed by atoms with E-state index in [0.717, 1.165) is 12.8 Å². The molecule has 0 amide bonds. The summed E-state index contributed by atoms with van der Waals surface area (Å²) in [5.41, 5.74) is 0.630. The van der Waals surface area contributed by atoms with Crippen molar-refractivity contribution < 1.29 is 17.9 Å². The molecule has 0 aromatic heterocycles. The molecule has 0 aliphatic rings. The standard InChI is InChI=1S/C19H23NO4S/c1-3-5-13-24-18-12-11-16(14-19(18)23-4-2)15-20-25(21,22)17-9-7-6-8-10-17/h6-12,14-15H,3-5,13H2,1-2H3/b20-15-. The molecule has 2 aromatic carbocycles. The first-order chi connectivity index (χ1) is 12.1. The minimum absolute atomic E-state index is 0.163. The minimum atomic E-state index is -3.71. The summed E-state index contributed by atoms with van der Waals surface area (Å²) in [5, 5.41) is 0. The second kappa shape index (κ2) is 9.22. The van der Waals surface area contributed by atoms with E-state index < -0.39 is 10.0 Å². The van der Waals surface area contributed by atoms with Crippen molar-refractivity contribution in [3.8, 4) is 11.5 Å². The molecule has 0 saturated carbocycles. The fourth-order valence-electron chi connectivity index (χ4n) is 2.10. The predicted molar refractivity (Wildman–Crippen MR) is 99.2 cm³/mol. The molecule has 0 heterocycles. The van der Waals surface area contributed by atoms with Crippen LogP contribution in [0, 0.1) is 0 Å². The van der Waals surface area contributed by atoms with Crippen molar-refractivity contribution in [2.24, 2.45) is 4.40 Å². The maximum atomic E-state index is 12.2. The number of hydrogen-bond donors (Lipinski definition) is 0. The molecule has 0 unspecified atom stereocenters. The Bertz CT molecular complexity index is 801. The Morgan fingerprint density at radius 1 is 1.00 bits per heavy atom. The van der Waals surface area contributed by atoms with E-state index in [1.165, 1.54) is 18.3 Å². The lowest BCUT2D eigenvalue weighted by Gasteiger charge is -2.12. The van der Waals surface area contributed by atoms with Gasteiger partial charge in [-0.3, -0.25) is 0 Å². The van der Waals surface area contributed by atoms with E-state index >= 15 is 0 Å². The van der Waals surface area contributed by atoms with Crippen molar-refractivity contribution >= 4 is 16.2 Å². The lowest BCUT2D eigenvalue weighted by atomic mass is 10.2. The molecule has 0 atom stereocenters. The van der Waals surface area contributed by atoms with Gasteiger partial charge >= 0.3 is 0 Å². The smallest absolute Gasteiger partial charge is 0.282 e. The minimum Gasteiger partial charge on any atom is -0.490 e. The zero-order chi connectivity index (χ0) is 18.1. The number of sulfonamides is 1. The Morgan fingerprint density at radius 3 is 2.44 bits per heavy atom. The van der Waals surface area contributed by atoms with Crippen molar-refractivity contribution in [1.29, 1.82) is 0 Å². The fourth-order valence-corrected chi connectivity index (χ4v) is 2.99. The second-order valence-corrected chi connectivity index (χ2v) is 7.00. The lowest BCUT2D eigenvalue weighted by molar-refractivity contribution is 0.272. The van der Waals surface area contributed by atoms with Gasteiger partial charge in [0.2, 0.25) is 0 Å². The van der Waals surface area contributed by atoms with E-state index in [1.807, 2.05) is 6.92 Å². The zero-order valence-electron chi connectivity index (χ0n) is 14.5. The highest BCUT2D eigenvalue weighted by molar-refractivity contribution is 7.90. The summed E-state index contributed by atoms with van der Waals surface area (Å²) in [7, 11) is -3.71. The van der Waals surface area contributed by atoms with Crippen molar-refractivity contribution in [2.45, 2.75) is 31.6 Å². The number of benzene rings is 2. The Balaban J connectivity index is 2.20. The van der Waals surface area contributed by atoms with Crippen LogP contribution < -0.4 is 9.47 Å². The van der Waals surface area contributed by atoms with E-state index in [2.05, 4.69) is 11.3 Å². The molecule has 134 valence electrons. The van der Waals surface area contributed by atoms with Crippen LogP contribution >= 0.6 is 0 Å². The maximum Gasteiger partial charge on any atom is 0.282 e. The van der Waals surface area contributed by atoms with Gasteiger partial charge in [0.15, 0.2) is 11.5 Å². The summed E-state index contributed by atoms with van der Waals surface area (Å²) in [6.45, 7) is 5.09. The average molecular weight is 361 g/mol. The van der Waals surface area contributed by atoms with Gasteiger partial charge in [-0.2, -0.15) is 12.8 Å². The van der Waals surface area contributed by atoms with Crippen LogP contribution in [0.2, 0.25) is 0 Å². The van der Waals surface area contributed by atoms with Gasteiger partial charge in [0.1, 0.15) is 0 Å². The van der Waals surface area contributed by atoms with E-state index in [0.29, 0.717) is 30.3 Å². The summed E-state index contributed by atoms with van der Waals surface area (Å²) >= 11 is 0. The first-order valence-electron chi connectivity index (χ1n) is 8.32. The Hall–Kier alpha value is -2.34. The molecule has 0 aliphatic heterocycles. The molecule has 25 heavy (non-hydrogen) atoms. The van der Waals surface area contributed by atoms with E-state index in [9.17, 15) is 8.42 Å². The van der Waals surface area contributed by atoms with Gasteiger partial charge < -0.3 is 9.47 Å². The molecule has 2 rings (SSSR count). The van der Waals surface area contributed by atoms with Crippen LogP contribution in [0.4, 0.5) is 0 Å². The molecule has 0 bridgehead atoms. The zero-order valence-corrected chi connectivity index (χ0v) is 15.3. The lowest BCUT2D eigenvalue weighted by Crippen LogP contribution is -2.02. The molecule has 6 heteroatoms. The maximum absolute atomic E-state index is 12.2. The molecule has 5 nitrogen and oxygen atoms in total. The van der Waals surface area contributed by atoms with Crippen LogP contribution in [-0.2, 0) is 10.0 Å². The van der Waals surface area contributed by atoms with Gasteiger partial charge in [0.05, 0.1) is 18.1 Å². The van der Waals surface area contributed by atoms with Crippen LogP contribution in [0.1, 0.15) is 32.3 Å². The topological polar surface area (TPSA) is 65.0 Å². The number of hydrogen-bond acceptors (Lipinski definition) is 4. The first kappa shape index (κ1) is 19.0. The van der Waals surface area contributed by atoms with Gasteiger partial charge in [0.25, 0.3) is 10.0 Å². The summed E-state index contributed by atoms with van der Waals surface area (Å²) in [6.07, 6.45) is 3.33. The van der Waals surface area contributed by atoms with E-state index in [4.69, 9.17) is 9.47 Å². The molecular formula is C19H23NO4S. The van der Waals surface area contributed by atoms with E-state index in [-0.39, 0.29) is 4.90 Å². The molecule has 0 spiro atoms. The summed E-state index contributed by atoms with van der Waals surface area (Å²) in [5.74, 6) is 1.23. The van der Waals surface area contributed by atoms with Crippen LogP contribution in [0.3, 0.4) is 0 Å². The molecule has 0 radical (unpaired) electrons. The largest absolute Gasteiger partial charge is 0.490 e. The number of ether oxygens (including phenoxy) is 2. The van der Waals surface area contributed by atoms with E-state index in [1.54, 1.807) is 36.4 Å². The number of unbranched alkanes of at least 4 members (excludes halogenated alkanes) is 1. The van der Waals surface area contributed by atoms with Crippen LogP contribution in [0.25, 0.3) is 0 Å². The quantitative estimate of drug-likeness (QED) is 0.499. The van der Waals surface area contributed by atoms with Crippen molar-refractivity contribution in [3.63, 3.8) is 0 Å². The Kier molecular flexibility index (Phi) is 7.01. The molecule has 0 fully saturated rings. The van der Waals surface area contributed by atoms with Crippen molar-refractivity contribution in [1.82, 2.24) is 0 Å². The SMILES string of the molecule is CCCCOc1ccc(/C=N\S(=O)(=O)c2ccccc2)cc1OCC. The Labute approximate surface area is 149 Å². The molecule has 0 saturated heterocycles. The Morgan fingerprint density at radius 2 is 1.76 bits per heavy atom. The third kappa shape index (κ3) is 5.60. The second-order valence-electron chi connectivity index (χ2n) is 5.36. The molecule has 0 N–H and O–H groups in total. The fraction of sp³-hybridized carbons (Fsp3) is 0.316. The van der Waals surface area contributed by atoms with Gasteiger partial charge in [-0.1, -0.05) is 31.5 Å². The van der Waals surface area contributed by atoms with Crippen LogP contribution in [-0.4, -0.2) is 27.8 Å². The van der Waals surface area contributed by atoms with Crippen LogP contribution in [0.15, 0.2) is 57.8 Å². The van der Waals surface area contributed by atoms with Gasteiger partial charge in [-0.25, -0.2) is 0 Å². The van der Waals surface area contributed by atoms with Crippen molar-refractivity contribution in [3.05, 3.63) is 54.1 Å². The summed E-state index contributed by atoms with van der Waals surface area (Å²) < 4.78 is 39.5. The monoisotopic (exact) mass is 361 g/mol. The number of nitrogens with zero attached hydrogens (tertiary/aromatic N) is 1. The van der Waals surface area contributed by atoms with Gasteiger partial charge in [-0.05, 0) is 49.2 Å². The molecule has 0 aliphatic carbocycles. The highest BCUT2D eigenvalue weighted by Crippen LogP contribution is 2.28. The highest BCUT2D eigenvalue weighted by Gasteiger charge is 2.11. The van der Waals surface area contributed by atoms with Crippen LogP contribution in [0.5, 0.6) is 11.5 Å². The van der Waals surface area contributed by atoms with Crippen molar-refractivity contribution in [2.75, 3.05) is 13.2 Å². The van der Waals surface area contributed by atoms with Gasteiger partial charge in [-0.15, -0.1) is 0 Å². The third-order valence-electron chi connectivity index (χ3n) is 3.40. The number of rotatable bonds is 9. The third-order valence-corrected chi connectivity index (χ3v) is 4.66. The molecule has 2 aromatic rings. The average Bonchev–Trinajstić information content (AvgIpc) is 2.63. The summed E-state index contributed by atoms with van der Waals surface area (Å²) in [4.78, 5) is 0.163. The molecular weight excluding hydrogens is 338 g/mol. The predicted octanol–water partition coefficient (Wildman–Crippen LogP) is 4.07. The summed E-state index contributed by atoms with van der Waals surface area (Å²) in [6, 6.07) is 13.4. The normalized spacial score (nSPS) is 11.6. The highest BCUT2D eigenvalue weighted by atomic mass is 32.2. The van der Waals surface area contributed by atoms with Gasteiger partial charge in [0, 0.05) is 6.21 Å².